The Bertz CT molecular complexity index is 342. The highest BCUT2D eigenvalue weighted by Crippen LogP contribution is 2.26. The van der Waals surface area contributed by atoms with Gasteiger partial charge >= 0.3 is 0 Å². The van der Waals surface area contributed by atoms with Crippen molar-refractivity contribution in [3.8, 4) is 0 Å². The zero-order valence-corrected chi connectivity index (χ0v) is 24.0. The van der Waals surface area contributed by atoms with Crippen LogP contribution in [0.4, 0.5) is 0 Å². The Morgan fingerprint density at radius 2 is 0.839 bits per heavy atom. The molecule has 0 aliphatic heterocycles. The first-order valence-electron chi connectivity index (χ1n) is 14.3. The lowest BCUT2D eigenvalue weighted by molar-refractivity contribution is 0.349. The SMILES string of the molecule is CC.CC.CC.CC.CCC1CCCC1.CCC1CCCCC1.CCc1ccccc1. The van der Waals surface area contributed by atoms with Crippen LogP contribution in [-0.4, -0.2) is 0 Å². The predicted octanol–water partition coefficient (Wildman–Crippen LogP) is 11.9. The van der Waals surface area contributed by atoms with Gasteiger partial charge in [-0.2, -0.15) is 0 Å². The number of benzene rings is 1. The normalized spacial score (nSPS) is 14.5. The molecule has 2 aliphatic carbocycles. The number of aryl methyl sites for hydroxylation is 1. The van der Waals surface area contributed by atoms with E-state index in [1.165, 1.54) is 76.2 Å². The molecule has 0 aromatic heterocycles. The van der Waals surface area contributed by atoms with Gasteiger partial charge in [0, 0.05) is 0 Å². The summed E-state index contributed by atoms with van der Waals surface area (Å²) in [5, 5.41) is 0. The molecule has 0 nitrogen and oxygen atoms in total. The zero-order valence-electron chi connectivity index (χ0n) is 24.0. The zero-order chi connectivity index (χ0) is 24.8. The summed E-state index contributed by atoms with van der Waals surface area (Å²) in [6.07, 6.45) is 17.5. The van der Waals surface area contributed by atoms with E-state index in [0.717, 1.165) is 18.3 Å². The van der Waals surface area contributed by atoms with E-state index in [-0.39, 0.29) is 0 Å². The van der Waals surface area contributed by atoms with Crippen molar-refractivity contribution in [2.75, 3.05) is 0 Å². The van der Waals surface area contributed by atoms with Crippen molar-refractivity contribution in [3.63, 3.8) is 0 Å². The highest BCUT2D eigenvalue weighted by atomic mass is 14.2. The fraction of sp³-hybridized carbons (Fsp3) is 0.806. The fourth-order valence-electron chi connectivity index (χ4n) is 3.73. The van der Waals surface area contributed by atoms with E-state index in [2.05, 4.69) is 45.0 Å². The number of rotatable bonds is 3. The summed E-state index contributed by atoms with van der Waals surface area (Å²) < 4.78 is 0. The summed E-state index contributed by atoms with van der Waals surface area (Å²) in [5.74, 6) is 2.18. The van der Waals surface area contributed by atoms with Crippen molar-refractivity contribution in [2.24, 2.45) is 11.8 Å². The lowest BCUT2D eigenvalue weighted by Gasteiger charge is -2.18. The first-order chi connectivity index (χ1) is 15.3. The second kappa shape index (κ2) is 36.6. The van der Waals surface area contributed by atoms with Gasteiger partial charge in [-0.05, 0) is 23.8 Å². The smallest absolute Gasteiger partial charge is 0.0307 e. The quantitative estimate of drug-likeness (QED) is 0.442. The van der Waals surface area contributed by atoms with Crippen LogP contribution < -0.4 is 0 Å². The minimum atomic E-state index is 1.09. The monoisotopic (exact) mass is 437 g/mol. The van der Waals surface area contributed by atoms with Crippen molar-refractivity contribution < 1.29 is 0 Å². The van der Waals surface area contributed by atoms with Gasteiger partial charge in [-0.25, -0.2) is 0 Å². The third-order valence-corrected chi connectivity index (χ3v) is 5.61. The third kappa shape index (κ3) is 27.2. The summed E-state index contributed by atoms with van der Waals surface area (Å²) in [4.78, 5) is 0. The Morgan fingerprint density at radius 1 is 0.516 bits per heavy atom. The van der Waals surface area contributed by atoms with Crippen molar-refractivity contribution in [2.45, 2.75) is 153 Å². The van der Waals surface area contributed by atoms with Gasteiger partial charge in [0.05, 0.1) is 0 Å². The maximum atomic E-state index is 2.32. The molecule has 1 aromatic carbocycles. The van der Waals surface area contributed by atoms with Crippen LogP contribution in [0.15, 0.2) is 30.3 Å². The molecule has 3 rings (SSSR count). The summed E-state index contributed by atoms with van der Waals surface area (Å²) in [5.41, 5.74) is 1.41. The van der Waals surface area contributed by atoms with E-state index in [9.17, 15) is 0 Å². The molecule has 188 valence electrons. The van der Waals surface area contributed by atoms with Crippen LogP contribution in [0.2, 0.25) is 0 Å². The Morgan fingerprint density at radius 3 is 1.06 bits per heavy atom. The van der Waals surface area contributed by atoms with Gasteiger partial charge in [-0.15, -0.1) is 0 Å². The molecule has 2 saturated carbocycles. The molecule has 1 aromatic rings. The van der Waals surface area contributed by atoms with Crippen LogP contribution in [0.5, 0.6) is 0 Å². The second-order valence-corrected chi connectivity index (χ2v) is 7.31. The Kier molecular flexibility index (Phi) is 44.3. The fourth-order valence-corrected chi connectivity index (χ4v) is 3.73. The highest BCUT2D eigenvalue weighted by molar-refractivity contribution is 5.13. The standard InChI is InChI=1S/C8H16.C8H10.C7H14.4C2H6/c2*1-2-8-6-4-3-5-7-8;1-2-7-5-3-4-6-7;4*1-2/h8H,2-7H2,1H3;3-7H,2H2,1H3;7H,2-6H2,1H3;4*1-2H3. The first-order valence-corrected chi connectivity index (χ1v) is 14.3. The highest BCUT2D eigenvalue weighted by Gasteiger charge is 2.11. The lowest BCUT2D eigenvalue weighted by Crippen LogP contribution is -2.03. The maximum Gasteiger partial charge on any atom is -0.0307 e. The van der Waals surface area contributed by atoms with Crippen LogP contribution in [0.25, 0.3) is 0 Å². The van der Waals surface area contributed by atoms with Crippen LogP contribution in [0.1, 0.15) is 152 Å². The molecule has 31 heavy (non-hydrogen) atoms. The molecule has 0 heterocycles. The second-order valence-electron chi connectivity index (χ2n) is 7.31. The van der Waals surface area contributed by atoms with Crippen molar-refractivity contribution in [1.29, 1.82) is 0 Å². The molecule has 0 N–H and O–H groups in total. The summed E-state index contributed by atoms with van der Waals surface area (Å²) in [6, 6.07) is 10.5. The van der Waals surface area contributed by atoms with Gasteiger partial charge in [0.25, 0.3) is 0 Å². The molecular weight excluding hydrogens is 372 g/mol. The molecule has 0 bridgehead atoms. The molecule has 0 amide bonds. The van der Waals surface area contributed by atoms with Crippen molar-refractivity contribution in [3.05, 3.63) is 35.9 Å². The third-order valence-electron chi connectivity index (χ3n) is 5.61. The molecule has 0 unspecified atom stereocenters. The average molecular weight is 437 g/mol. The van der Waals surface area contributed by atoms with E-state index < -0.39 is 0 Å². The molecule has 2 aliphatic rings. The number of hydrogen-bond acceptors (Lipinski definition) is 0. The Balaban J connectivity index is -0.000000152. The molecule has 0 atom stereocenters. The molecule has 0 saturated heterocycles. The van der Waals surface area contributed by atoms with Gasteiger partial charge in [0.1, 0.15) is 0 Å². The van der Waals surface area contributed by atoms with E-state index in [4.69, 9.17) is 0 Å². The average Bonchev–Trinajstić information content (AvgIpc) is 3.45. The molecule has 2 fully saturated rings. The van der Waals surface area contributed by atoms with E-state index >= 15 is 0 Å². The minimum Gasteiger partial charge on any atom is -0.0683 e. The van der Waals surface area contributed by atoms with Crippen LogP contribution in [-0.2, 0) is 6.42 Å². The summed E-state index contributed by atoms with van der Waals surface area (Å²) in [7, 11) is 0. The van der Waals surface area contributed by atoms with Crippen LogP contribution in [0, 0.1) is 11.8 Å². The minimum absolute atomic E-state index is 1.09. The van der Waals surface area contributed by atoms with E-state index in [1.807, 2.05) is 61.5 Å². The molecular formula is C31H64. The Hall–Kier alpha value is -0.780. The molecule has 0 radical (unpaired) electrons. The topological polar surface area (TPSA) is 0 Å². The van der Waals surface area contributed by atoms with E-state index in [1.54, 1.807) is 0 Å². The molecule has 0 heteroatoms. The lowest BCUT2D eigenvalue weighted by atomic mass is 9.88. The predicted molar refractivity (Wildman–Crippen MR) is 150 cm³/mol. The largest absolute Gasteiger partial charge is 0.0683 e. The van der Waals surface area contributed by atoms with Gasteiger partial charge in [0.2, 0.25) is 0 Å². The Labute approximate surface area is 201 Å². The van der Waals surface area contributed by atoms with Gasteiger partial charge in [0.15, 0.2) is 0 Å². The van der Waals surface area contributed by atoms with Crippen LogP contribution >= 0.6 is 0 Å². The van der Waals surface area contributed by atoms with Gasteiger partial charge < -0.3 is 0 Å². The summed E-state index contributed by atoms with van der Waals surface area (Å²) >= 11 is 0. The van der Waals surface area contributed by atoms with Gasteiger partial charge in [-0.1, -0.05) is 177 Å². The number of hydrogen-bond donors (Lipinski definition) is 0. The van der Waals surface area contributed by atoms with Crippen molar-refractivity contribution in [1.82, 2.24) is 0 Å². The van der Waals surface area contributed by atoms with E-state index in [0.29, 0.717) is 0 Å². The van der Waals surface area contributed by atoms with Crippen molar-refractivity contribution >= 4 is 0 Å². The first kappa shape index (κ1) is 37.5. The van der Waals surface area contributed by atoms with Crippen LogP contribution in [0.3, 0.4) is 0 Å². The summed E-state index contributed by atoms with van der Waals surface area (Å²) in [6.45, 7) is 22.8. The maximum absolute atomic E-state index is 2.32. The van der Waals surface area contributed by atoms with Gasteiger partial charge in [-0.3, -0.25) is 0 Å². The molecule has 0 spiro atoms.